The lowest BCUT2D eigenvalue weighted by Gasteiger charge is -2.08. The number of pyridine rings is 1. The number of carbonyl (C=O) groups is 1. The quantitative estimate of drug-likeness (QED) is 0.169. The fourth-order valence-electron chi connectivity index (χ4n) is 3.21. The first kappa shape index (κ1) is 18.3. The third-order valence-corrected chi connectivity index (χ3v) is 4.57. The van der Waals surface area contributed by atoms with Gasteiger partial charge in [-0.25, -0.2) is 4.79 Å². The normalized spacial score (nSPS) is 10.6. The average molecular weight is 385 g/mol. The van der Waals surface area contributed by atoms with Gasteiger partial charge in [-0.1, -0.05) is 54.6 Å². The van der Waals surface area contributed by atoms with Gasteiger partial charge in [-0.05, 0) is 17.5 Å². The maximum Gasteiger partial charge on any atom is 0.409 e. The van der Waals surface area contributed by atoms with E-state index in [1.54, 1.807) is 0 Å². The number of nitrogens with zero attached hydrogens (tertiary/aromatic N) is 2. The lowest BCUT2D eigenvalue weighted by atomic mass is 10.1. The van der Waals surface area contributed by atoms with Crippen LogP contribution in [-0.4, -0.2) is 10.9 Å². The Bertz CT molecular complexity index is 1210. The summed E-state index contributed by atoms with van der Waals surface area (Å²) in [4.78, 5) is 23.6. The summed E-state index contributed by atoms with van der Waals surface area (Å²) in [6, 6.07) is 24.9. The van der Waals surface area contributed by atoms with Crippen molar-refractivity contribution in [1.29, 1.82) is 0 Å². The number of fused-ring (bicyclic) bond motifs is 1. The van der Waals surface area contributed by atoms with Crippen molar-refractivity contribution in [3.8, 4) is 5.75 Å². The molecule has 1 heterocycles. The second-order valence-electron chi connectivity index (χ2n) is 6.51. The third kappa shape index (κ3) is 3.96. The molecule has 0 unspecified atom stereocenters. The smallest absolute Gasteiger partial charge is 0.409 e. The van der Waals surface area contributed by atoms with E-state index < -0.39 is 10.9 Å². The zero-order chi connectivity index (χ0) is 20.2. The highest BCUT2D eigenvalue weighted by Gasteiger charge is 2.26. The average Bonchev–Trinajstić information content (AvgIpc) is 2.74. The van der Waals surface area contributed by atoms with Crippen molar-refractivity contribution in [2.45, 2.75) is 6.54 Å². The van der Waals surface area contributed by atoms with Crippen LogP contribution in [0.3, 0.4) is 0 Å². The molecule has 0 aliphatic rings. The van der Waals surface area contributed by atoms with Crippen molar-refractivity contribution in [2.75, 3.05) is 0 Å². The lowest BCUT2D eigenvalue weighted by Crippen LogP contribution is -2.42. The van der Waals surface area contributed by atoms with Crippen LogP contribution < -0.4 is 9.30 Å². The van der Waals surface area contributed by atoms with Crippen LogP contribution in [0.2, 0.25) is 0 Å². The van der Waals surface area contributed by atoms with Gasteiger partial charge in [0.05, 0.1) is 16.4 Å². The highest BCUT2D eigenvalue weighted by Crippen LogP contribution is 2.22. The summed E-state index contributed by atoms with van der Waals surface area (Å²) in [6.45, 7) is 0.491. The Morgan fingerprint density at radius 3 is 2.48 bits per heavy atom. The van der Waals surface area contributed by atoms with Crippen LogP contribution in [0.4, 0.5) is 5.69 Å². The highest BCUT2D eigenvalue weighted by atomic mass is 16.6. The standard InChI is InChI=1S/C23H17N2O4/c26-23(29-20-11-6-10-19(15-20)25(27)28)22-21-12-5-4-9-18(21)13-14-24(22)16-17-7-2-1-3-8-17/h1-15H,16H2/q+1. The van der Waals surface area contributed by atoms with E-state index in [1.807, 2.05) is 71.4 Å². The van der Waals surface area contributed by atoms with E-state index in [9.17, 15) is 14.9 Å². The van der Waals surface area contributed by atoms with Crippen LogP contribution in [0.15, 0.2) is 91.1 Å². The molecule has 0 fully saturated rings. The van der Waals surface area contributed by atoms with E-state index in [1.165, 1.54) is 24.3 Å². The number of aromatic nitrogens is 1. The van der Waals surface area contributed by atoms with Crippen LogP contribution in [0, 0.1) is 10.1 Å². The zero-order valence-corrected chi connectivity index (χ0v) is 15.4. The maximum absolute atomic E-state index is 13.1. The van der Waals surface area contributed by atoms with Crippen LogP contribution in [0.5, 0.6) is 5.75 Å². The summed E-state index contributed by atoms with van der Waals surface area (Å²) < 4.78 is 7.34. The molecule has 0 atom stereocenters. The van der Waals surface area contributed by atoms with Gasteiger partial charge in [0.25, 0.3) is 11.4 Å². The number of non-ortho nitro benzene ring substituents is 1. The van der Waals surface area contributed by atoms with Crippen molar-refractivity contribution in [2.24, 2.45) is 0 Å². The summed E-state index contributed by atoms with van der Waals surface area (Å²) in [6.07, 6.45) is 1.85. The van der Waals surface area contributed by atoms with Crippen LogP contribution in [0.1, 0.15) is 16.1 Å². The van der Waals surface area contributed by atoms with Crippen molar-refractivity contribution in [3.63, 3.8) is 0 Å². The number of hydrogen-bond donors (Lipinski definition) is 0. The molecule has 0 aliphatic heterocycles. The summed E-state index contributed by atoms with van der Waals surface area (Å²) in [5, 5.41) is 12.7. The predicted molar refractivity (Wildman–Crippen MR) is 108 cm³/mol. The van der Waals surface area contributed by atoms with Gasteiger partial charge in [0.15, 0.2) is 12.7 Å². The summed E-state index contributed by atoms with van der Waals surface area (Å²) >= 11 is 0. The molecule has 4 aromatic rings. The Hall–Kier alpha value is -4.06. The van der Waals surface area contributed by atoms with Gasteiger partial charge in [-0.2, -0.15) is 4.57 Å². The number of benzene rings is 3. The lowest BCUT2D eigenvalue weighted by molar-refractivity contribution is -0.689. The Morgan fingerprint density at radius 2 is 1.69 bits per heavy atom. The van der Waals surface area contributed by atoms with Gasteiger partial charge in [-0.3, -0.25) is 10.1 Å². The number of nitro groups is 1. The Morgan fingerprint density at radius 1 is 0.931 bits per heavy atom. The van der Waals surface area contributed by atoms with Gasteiger partial charge < -0.3 is 4.74 Å². The summed E-state index contributed by atoms with van der Waals surface area (Å²) in [5.41, 5.74) is 1.29. The van der Waals surface area contributed by atoms with E-state index in [4.69, 9.17) is 4.74 Å². The molecular formula is C23H17N2O4+. The second-order valence-corrected chi connectivity index (χ2v) is 6.51. The number of esters is 1. The van der Waals surface area contributed by atoms with Gasteiger partial charge in [0.1, 0.15) is 5.75 Å². The minimum atomic E-state index is -0.571. The van der Waals surface area contributed by atoms with Crippen molar-refractivity contribution in [3.05, 3.63) is 112 Å². The van der Waals surface area contributed by atoms with Crippen molar-refractivity contribution < 1.29 is 19.0 Å². The molecular weight excluding hydrogens is 368 g/mol. The molecule has 0 N–H and O–H groups in total. The Kier molecular flexibility index (Phi) is 4.99. The number of ether oxygens (including phenoxy) is 1. The highest BCUT2D eigenvalue weighted by molar-refractivity contribution is 6.01. The summed E-state index contributed by atoms with van der Waals surface area (Å²) in [5.74, 6) is -0.443. The Balaban J connectivity index is 1.76. The van der Waals surface area contributed by atoms with Crippen LogP contribution >= 0.6 is 0 Å². The molecule has 3 aromatic carbocycles. The first-order chi connectivity index (χ1) is 14.1. The third-order valence-electron chi connectivity index (χ3n) is 4.57. The molecule has 0 saturated carbocycles. The van der Waals surface area contributed by atoms with E-state index in [2.05, 4.69) is 0 Å². The molecule has 1 aromatic heterocycles. The monoisotopic (exact) mass is 385 g/mol. The van der Waals surface area contributed by atoms with Crippen LogP contribution in [-0.2, 0) is 6.54 Å². The number of rotatable bonds is 5. The van der Waals surface area contributed by atoms with Crippen molar-refractivity contribution >= 4 is 22.4 Å². The number of nitro benzene ring substituents is 1. The molecule has 0 aliphatic carbocycles. The van der Waals surface area contributed by atoms with Gasteiger partial charge >= 0.3 is 5.97 Å². The van der Waals surface area contributed by atoms with Gasteiger partial charge in [0.2, 0.25) is 0 Å². The van der Waals surface area contributed by atoms with Gasteiger partial charge in [0, 0.05) is 17.7 Å². The minimum absolute atomic E-state index is 0.128. The van der Waals surface area contributed by atoms with E-state index >= 15 is 0 Å². The fraction of sp³-hybridized carbons (Fsp3) is 0.0435. The number of hydrogen-bond acceptors (Lipinski definition) is 4. The van der Waals surface area contributed by atoms with E-state index in [-0.39, 0.29) is 11.4 Å². The molecule has 6 heteroatoms. The molecule has 0 spiro atoms. The minimum Gasteiger partial charge on any atom is -0.418 e. The second kappa shape index (κ2) is 7.90. The topological polar surface area (TPSA) is 73.3 Å². The zero-order valence-electron chi connectivity index (χ0n) is 15.4. The van der Waals surface area contributed by atoms with Crippen molar-refractivity contribution in [1.82, 2.24) is 0 Å². The fourth-order valence-corrected chi connectivity index (χ4v) is 3.21. The summed E-state index contributed by atoms with van der Waals surface area (Å²) in [7, 11) is 0. The molecule has 0 amide bonds. The number of carbonyl (C=O) groups excluding carboxylic acids is 1. The first-order valence-electron chi connectivity index (χ1n) is 9.03. The molecule has 6 nitrogen and oxygen atoms in total. The molecule has 4 rings (SSSR count). The molecule has 29 heavy (non-hydrogen) atoms. The van der Waals surface area contributed by atoms with Gasteiger partial charge in [-0.15, -0.1) is 0 Å². The molecule has 0 radical (unpaired) electrons. The Labute approximate surface area is 166 Å². The first-order valence-corrected chi connectivity index (χ1v) is 9.03. The predicted octanol–water partition coefficient (Wildman–Crippen LogP) is 4.30. The van der Waals surface area contributed by atoms with E-state index in [0.717, 1.165) is 16.3 Å². The SMILES string of the molecule is O=C(Oc1cccc([N+](=O)[O-])c1)c1c2ccccc2cc[n+]1Cc1ccccc1. The molecule has 142 valence electrons. The maximum atomic E-state index is 13.1. The molecule has 0 saturated heterocycles. The van der Waals surface area contributed by atoms with Crippen LogP contribution in [0.25, 0.3) is 10.8 Å². The molecule has 0 bridgehead atoms. The largest absolute Gasteiger partial charge is 0.418 e. The van der Waals surface area contributed by atoms with E-state index in [0.29, 0.717) is 12.2 Å².